The van der Waals surface area contributed by atoms with Gasteiger partial charge in [0.1, 0.15) is 0 Å². The van der Waals surface area contributed by atoms with Gasteiger partial charge in [-0.25, -0.2) is 4.98 Å². The van der Waals surface area contributed by atoms with E-state index < -0.39 is 0 Å². The average molecular weight is 266 g/mol. The Kier molecular flexibility index (Phi) is 4.36. The van der Waals surface area contributed by atoms with Gasteiger partial charge < -0.3 is 15.0 Å². The fourth-order valence-electron chi connectivity index (χ4n) is 1.76. The highest BCUT2D eigenvalue weighted by Gasteiger charge is 2.07. The Morgan fingerprint density at radius 1 is 1.44 bits per heavy atom. The summed E-state index contributed by atoms with van der Waals surface area (Å²) in [6.45, 7) is 2.99. The normalized spacial score (nSPS) is 12.6. The highest BCUT2D eigenvalue weighted by Crippen LogP contribution is 2.19. The Morgan fingerprint density at radius 3 is 3.00 bits per heavy atom. The molecule has 1 unspecified atom stereocenters. The van der Waals surface area contributed by atoms with Gasteiger partial charge in [-0.3, -0.25) is 0 Å². The second-order valence-corrected chi connectivity index (χ2v) is 4.52. The van der Waals surface area contributed by atoms with E-state index in [0.29, 0.717) is 18.2 Å². The van der Waals surface area contributed by atoms with Crippen molar-refractivity contribution < 1.29 is 5.11 Å². The molecule has 0 bridgehead atoms. The van der Waals surface area contributed by atoms with E-state index in [9.17, 15) is 5.11 Å². The Labute approximate surface area is 111 Å². The lowest BCUT2D eigenvalue weighted by Crippen LogP contribution is -2.24. The third-order valence-corrected chi connectivity index (χ3v) is 2.87. The molecule has 1 atom stereocenters. The van der Waals surface area contributed by atoms with Gasteiger partial charge in [0, 0.05) is 31.2 Å². The summed E-state index contributed by atoms with van der Waals surface area (Å²) in [4.78, 5) is 4.07. The van der Waals surface area contributed by atoms with E-state index in [1.165, 1.54) is 0 Å². The smallest absolute Gasteiger partial charge is 0.152 e. The molecule has 0 aliphatic rings. The van der Waals surface area contributed by atoms with Crippen LogP contribution in [-0.4, -0.2) is 27.3 Å². The number of halogens is 1. The standard InChI is InChI=1S/C13H16ClN3O/c1-10(18)8-15-9-11-4-3-7-17(11)12-5-2-6-16-13(12)14/h2-7,10,15,18H,8-9H2,1H3. The molecular weight excluding hydrogens is 250 g/mol. The molecule has 0 aliphatic carbocycles. The number of hydrogen-bond acceptors (Lipinski definition) is 3. The van der Waals surface area contributed by atoms with Crippen LogP contribution in [0.15, 0.2) is 36.7 Å². The summed E-state index contributed by atoms with van der Waals surface area (Å²) in [5, 5.41) is 12.9. The van der Waals surface area contributed by atoms with Crippen molar-refractivity contribution in [1.82, 2.24) is 14.9 Å². The van der Waals surface area contributed by atoms with Crippen LogP contribution in [-0.2, 0) is 6.54 Å². The predicted molar refractivity (Wildman–Crippen MR) is 72.0 cm³/mol. The molecule has 2 aromatic rings. The fourth-order valence-corrected chi connectivity index (χ4v) is 1.97. The first-order chi connectivity index (χ1) is 8.68. The van der Waals surface area contributed by atoms with E-state index in [1.807, 2.05) is 35.0 Å². The number of pyridine rings is 1. The molecule has 2 N–H and O–H groups in total. The van der Waals surface area contributed by atoms with Crippen LogP contribution in [0.2, 0.25) is 5.15 Å². The minimum Gasteiger partial charge on any atom is -0.392 e. The molecule has 18 heavy (non-hydrogen) atoms. The number of aliphatic hydroxyl groups is 1. The Balaban J connectivity index is 2.15. The predicted octanol–water partition coefficient (Wildman–Crippen LogP) is 2.00. The van der Waals surface area contributed by atoms with Gasteiger partial charge in [0.25, 0.3) is 0 Å². The molecule has 2 heterocycles. The summed E-state index contributed by atoms with van der Waals surface area (Å²) in [7, 11) is 0. The van der Waals surface area contributed by atoms with Crippen molar-refractivity contribution >= 4 is 11.6 Å². The maximum absolute atomic E-state index is 9.21. The zero-order valence-corrected chi connectivity index (χ0v) is 10.9. The SMILES string of the molecule is CC(O)CNCc1cccn1-c1cccnc1Cl. The molecule has 0 spiro atoms. The molecule has 0 amide bonds. The summed E-state index contributed by atoms with van der Waals surface area (Å²) in [5.74, 6) is 0. The zero-order chi connectivity index (χ0) is 13.0. The molecule has 0 aliphatic heterocycles. The third kappa shape index (κ3) is 3.10. The van der Waals surface area contributed by atoms with Gasteiger partial charge in [-0.15, -0.1) is 0 Å². The monoisotopic (exact) mass is 265 g/mol. The van der Waals surface area contributed by atoms with Crippen LogP contribution in [0.1, 0.15) is 12.6 Å². The Hall–Kier alpha value is -1.36. The topological polar surface area (TPSA) is 50.1 Å². The first-order valence-corrected chi connectivity index (χ1v) is 6.22. The van der Waals surface area contributed by atoms with E-state index >= 15 is 0 Å². The van der Waals surface area contributed by atoms with Crippen LogP contribution in [0.4, 0.5) is 0 Å². The summed E-state index contributed by atoms with van der Waals surface area (Å²) >= 11 is 6.08. The van der Waals surface area contributed by atoms with Crippen molar-refractivity contribution in [2.75, 3.05) is 6.54 Å². The van der Waals surface area contributed by atoms with Crippen molar-refractivity contribution in [2.45, 2.75) is 19.6 Å². The first-order valence-electron chi connectivity index (χ1n) is 5.84. The van der Waals surface area contributed by atoms with Crippen LogP contribution in [0.25, 0.3) is 5.69 Å². The van der Waals surface area contributed by atoms with E-state index in [0.717, 1.165) is 11.4 Å². The second-order valence-electron chi connectivity index (χ2n) is 4.16. The van der Waals surface area contributed by atoms with Crippen LogP contribution < -0.4 is 5.32 Å². The minimum atomic E-state index is -0.351. The van der Waals surface area contributed by atoms with Gasteiger partial charge >= 0.3 is 0 Å². The van der Waals surface area contributed by atoms with E-state index in [1.54, 1.807) is 13.1 Å². The molecular formula is C13H16ClN3O. The molecule has 2 aromatic heterocycles. The van der Waals surface area contributed by atoms with Crippen molar-refractivity contribution in [3.05, 3.63) is 47.5 Å². The third-order valence-electron chi connectivity index (χ3n) is 2.58. The average Bonchev–Trinajstić information content (AvgIpc) is 2.77. The van der Waals surface area contributed by atoms with Gasteiger partial charge in [0.15, 0.2) is 5.15 Å². The number of rotatable bonds is 5. The largest absolute Gasteiger partial charge is 0.392 e. The summed E-state index contributed by atoms with van der Waals surface area (Å²) in [5.41, 5.74) is 1.93. The lowest BCUT2D eigenvalue weighted by Gasteiger charge is -2.11. The lowest BCUT2D eigenvalue weighted by atomic mass is 10.3. The van der Waals surface area contributed by atoms with Crippen LogP contribution in [0.5, 0.6) is 0 Å². The maximum atomic E-state index is 9.21. The number of nitrogens with zero attached hydrogens (tertiary/aromatic N) is 2. The van der Waals surface area contributed by atoms with Crippen LogP contribution >= 0.6 is 11.6 Å². The van der Waals surface area contributed by atoms with Crippen LogP contribution in [0.3, 0.4) is 0 Å². The number of hydrogen-bond donors (Lipinski definition) is 2. The maximum Gasteiger partial charge on any atom is 0.152 e. The fraction of sp³-hybridized carbons (Fsp3) is 0.308. The molecule has 4 nitrogen and oxygen atoms in total. The summed E-state index contributed by atoms with van der Waals surface area (Å²) in [6.07, 6.45) is 3.26. The van der Waals surface area contributed by atoms with E-state index in [2.05, 4.69) is 10.3 Å². The van der Waals surface area contributed by atoms with E-state index in [-0.39, 0.29) is 6.10 Å². The van der Waals surface area contributed by atoms with Crippen molar-refractivity contribution in [3.8, 4) is 5.69 Å². The Morgan fingerprint density at radius 2 is 2.28 bits per heavy atom. The number of aliphatic hydroxyl groups excluding tert-OH is 1. The van der Waals surface area contributed by atoms with Crippen molar-refractivity contribution in [3.63, 3.8) is 0 Å². The Bertz CT molecular complexity index is 510. The number of nitrogens with one attached hydrogen (secondary N) is 1. The van der Waals surface area contributed by atoms with Gasteiger partial charge in [-0.1, -0.05) is 11.6 Å². The van der Waals surface area contributed by atoms with Gasteiger partial charge in [0.05, 0.1) is 11.8 Å². The molecule has 0 radical (unpaired) electrons. The van der Waals surface area contributed by atoms with Crippen molar-refractivity contribution in [2.24, 2.45) is 0 Å². The summed E-state index contributed by atoms with van der Waals surface area (Å²) < 4.78 is 1.99. The minimum absolute atomic E-state index is 0.351. The molecule has 0 aromatic carbocycles. The lowest BCUT2D eigenvalue weighted by molar-refractivity contribution is 0.190. The van der Waals surface area contributed by atoms with Gasteiger partial charge in [-0.05, 0) is 31.2 Å². The molecule has 96 valence electrons. The molecule has 2 rings (SSSR count). The van der Waals surface area contributed by atoms with Gasteiger partial charge in [0.2, 0.25) is 0 Å². The highest BCUT2D eigenvalue weighted by atomic mass is 35.5. The van der Waals surface area contributed by atoms with E-state index in [4.69, 9.17) is 11.6 Å². The molecule has 5 heteroatoms. The second kappa shape index (κ2) is 6.00. The van der Waals surface area contributed by atoms with Crippen LogP contribution in [0, 0.1) is 0 Å². The van der Waals surface area contributed by atoms with Crippen molar-refractivity contribution in [1.29, 1.82) is 0 Å². The first kappa shape index (κ1) is 13.1. The van der Waals surface area contributed by atoms with Gasteiger partial charge in [-0.2, -0.15) is 0 Å². The zero-order valence-electron chi connectivity index (χ0n) is 10.2. The number of aromatic nitrogens is 2. The summed E-state index contributed by atoms with van der Waals surface area (Å²) in [6, 6.07) is 7.75. The molecule has 0 saturated heterocycles. The highest BCUT2D eigenvalue weighted by molar-refractivity contribution is 6.31. The molecule has 0 saturated carbocycles. The molecule has 0 fully saturated rings. The quantitative estimate of drug-likeness (QED) is 0.813.